The molecular weight excluding hydrogens is 361 g/mol. The van der Waals surface area contributed by atoms with Crippen molar-refractivity contribution < 1.29 is 14.3 Å². The number of halogens is 3. The molecule has 1 heterocycles. The highest BCUT2D eigenvalue weighted by molar-refractivity contribution is 6.43. The van der Waals surface area contributed by atoms with Crippen LogP contribution in [0.1, 0.15) is 20.7 Å². The number of rotatable bonds is 4. The second-order valence-corrected chi connectivity index (χ2v) is 6.07. The minimum absolute atomic E-state index is 0.100. The number of imide groups is 1. The standard InChI is InChI=1S/C16H10Cl3NO3/c17-11-7-13(19)14(8-12(11)18)23-6-5-20-15(21)9-3-1-2-4-10(9)16(20)22/h1-4,7-8H,5-6H2. The molecule has 118 valence electrons. The molecule has 2 aromatic rings. The summed E-state index contributed by atoms with van der Waals surface area (Å²) in [5.74, 6) is -0.304. The first-order valence-electron chi connectivity index (χ1n) is 6.71. The Kier molecular flexibility index (Phi) is 4.48. The van der Waals surface area contributed by atoms with Gasteiger partial charge in [-0.2, -0.15) is 0 Å². The third-order valence-electron chi connectivity index (χ3n) is 3.43. The molecule has 0 saturated heterocycles. The maximum absolute atomic E-state index is 12.2. The van der Waals surface area contributed by atoms with Crippen molar-refractivity contribution in [3.05, 3.63) is 62.6 Å². The normalized spacial score (nSPS) is 13.4. The van der Waals surface area contributed by atoms with Crippen LogP contribution in [0.2, 0.25) is 15.1 Å². The SMILES string of the molecule is O=C1c2ccccc2C(=O)N1CCOc1cc(Cl)c(Cl)cc1Cl. The topological polar surface area (TPSA) is 46.6 Å². The highest BCUT2D eigenvalue weighted by Crippen LogP contribution is 2.33. The van der Waals surface area contributed by atoms with Crippen molar-refractivity contribution in [1.29, 1.82) is 0 Å². The van der Waals surface area contributed by atoms with Gasteiger partial charge in [0, 0.05) is 6.07 Å². The first-order valence-corrected chi connectivity index (χ1v) is 7.85. The van der Waals surface area contributed by atoms with Gasteiger partial charge in [0.25, 0.3) is 11.8 Å². The monoisotopic (exact) mass is 369 g/mol. The van der Waals surface area contributed by atoms with Gasteiger partial charge in [0.15, 0.2) is 0 Å². The summed E-state index contributed by atoms with van der Waals surface area (Å²) in [5, 5.41) is 0.943. The first kappa shape index (κ1) is 16.1. The van der Waals surface area contributed by atoms with Crippen LogP contribution in [-0.2, 0) is 0 Å². The molecule has 0 N–H and O–H groups in total. The van der Waals surface area contributed by atoms with Crippen LogP contribution in [0.15, 0.2) is 36.4 Å². The zero-order chi connectivity index (χ0) is 16.6. The second-order valence-electron chi connectivity index (χ2n) is 4.85. The lowest BCUT2D eigenvalue weighted by Gasteiger charge is -2.15. The Morgan fingerprint density at radius 1 is 0.870 bits per heavy atom. The Morgan fingerprint density at radius 3 is 2.04 bits per heavy atom. The summed E-state index contributed by atoms with van der Waals surface area (Å²) in [7, 11) is 0. The fourth-order valence-corrected chi connectivity index (χ4v) is 2.90. The average molecular weight is 371 g/mol. The van der Waals surface area contributed by atoms with Crippen molar-refractivity contribution in [2.75, 3.05) is 13.2 Å². The van der Waals surface area contributed by atoms with Gasteiger partial charge in [0.2, 0.25) is 0 Å². The maximum Gasteiger partial charge on any atom is 0.261 e. The van der Waals surface area contributed by atoms with E-state index in [-0.39, 0.29) is 25.0 Å². The molecule has 1 aliphatic rings. The highest BCUT2D eigenvalue weighted by atomic mass is 35.5. The number of ether oxygens (including phenoxy) is 1. The number of benzene rings is 2. The third-order valence-corrected chi connectivity index (χ3v) is 4.44. The van der Waals surface area contributed by atoms with Crippen molar-refractivity contribution in [2.45, 2.75) is 0 Å². The fourth-order valence-electron chi connectivity index (χ4n) is 2.30. The predicted octanol–water partition coefficient (Wildman–Crippen LogP) is 4.32. The summed E-state index contributed by atoms with van der Waals surface area (Å²) < 4.78 is 5.51. The number of fused-ring (bicyclic) bond motifs is 1. The van der Waals surface area contributed by atoms with E-state index in [4.69, 9.17) is 39.5 Å². The number of nitrogens with zero attached hydrogens (tertiary/aromatic N) is 1. The lowest BCUT2D eigenvalue weighted by Crippen LogP contribution is -2.33. The van der Waals surface area contributed by atoms with E-state index in [9.17, 15) is 9.59 Å². The van der Waals surface area contributed by atoms with E-state index in [1.165, 1.54) is 12.1 Å². The quantitative estimate of drug-likeness (QED) is 0.595. The molecule has 0 radical (unpaired) electrons. The molecule has 3 rings (SSSR count). The number of amides is 2. The van der Waals surface area contributed by atoms with Crippen LogP contribution in [0.25, 0.3) is 0 Å². The van der Waals surface area contributed by atoms with Crippen molar-refractivity contribution in [3.63, 3.8) is 0 Å². The molecule has 0 atom stereocenters. The summed E-state index contributed by atoms with van der Waals surface area (Å²) in [4.78, 5) is 25.5. The zero-order valence-corrected chi connectivity index (χ0v) is 14.0. The smallest absolute Gasteiger partial charge is 0.261 e. The van der Waals surface area contributed by atoms with E-state index in [1.54, 1.807) is 24.3 Å². The largest absolute Gasteiger partial charge is 0.490 e. The molecule has 0 aliphatic carbocycles. The molecule has 23 heavy (non-hydrogen) atoms. The molecule has 0 aromatic heterocycles. The van der Waals surface area contributed by atoms with Gasteiger partial charge in [0.1, 0.15) is 12.4 Å². The lowest BCUT2D eigenvalue weighted by molar-refractivity contribution is 0.0631. The summed E-state index contributed by atoms with van der Waals surface area (Å²) in [5.41, 5.74) is 0.815. The summed E-state index contributed by atoms with van der Waals surface area (Å²) in [6, 6.07) is 9.68. The molecule has 7 heteroatoms. The number of hydrogen-bond donors (Lipinski definition) is 0. The average Bonchev–Trinajstić information content (AvgIpc) is 2.77. The van der Waals surface area contributed by atoms with Gasteiger partial charge in [-0.05, 0) is 18.2 Å². The van der Waals surface area contributed by atoms with Crippen LogP contribution >= 0.6 is 34.8 Å². The number of carbonyl (C=O) groups excluding carboxylic acids is 2. The van der Waals surface area contributed by atoms with E-state index < -0.39 is 0 Å². The molecule has 0 spiro atoms. The van der Waals surface area contributed by atoms with Crippen LogP contribution in [0.4, 0.5) is 0 Å². The number of hydrogen-bond acceptors (Lipinski definition) is 3. The molecular formula is C16H10Cl3NO3. The maximum atomic E-state index is 12.2. The van der Waals surface area contributed by atoms with Gasteiger partial charge in [0.05, 0.1) is 32.7 Å². The third kappa shape index (κ3) is 3.02. The molecule has 0 unspecified atom stereocenters. The van der Waals surface area contributed by atoms with Crippen molar-refractivity contribution >= 4 is 46.6 Å². The van der Waals surface area contributed by atoms with Crippen molar-refractivity contribution in [1.82, 2.24) is 4.90 Å². The lowest BCUT2D eigenvalue weighted by atomic mass is 10.1. The fraction of sp³-hybridized carbons (Fsp3) is 0.125. The van der Waals surface area contributed by atoms with Crippen LogP contribution in [0, 0.1) is 0 Å². The van der Waals surface area contributed by atoms with Gasteiger partial charge in [-0.3, -0.25) is 14.5 Å². The highest BCUT2D eigenvalue weighted by Gasteiger charge is 2.34. The minimum atomic E-state index is -0.325. The van der Waals surface area contributed by atoms with Crippen molar-refractivity contribution in [2.24, 2.45) is 0 Å². The first-order chi connectivity index (χ1) is 11.0. The van der Waals surface area contributed by atoms with Crippen LogP contribution in [0.5, 0.6) is 5.75 Å². The Balaban J connectivity index is 1.68. The molecule has 0 saturated carbocycles. The van der Waals surface area contributed by atoms with Gasteiger partial charge in [-0.25, -0.2) is 0 Å². The Morgan fingerprint density at radius 2 is 1.43 bits per heavy atom. The van der Waals surface area contributed by atoms with E-state index in [0.717, 1.165) is 4.90 Å². The van der Waals surface area contributed by atoms with Gasteiger partial charge < -0.3 is 4.74 Å². The second kappa shape index (κ2) is 6.40. The van der Waals surface area contributed by atoms with Gasteiger partial charge in [-0.15, -0.1) is 0 Å². The van der Waals surface area contributed by atoms with Gasteiger partial charge >= 0.3 is 0 Å². The van der Waals surface area contributed by atoms with Gasteiger partial charge in [-0.1, -0.05) is 46.9 Å². The van der Waals surface area contributed by atoms with Crippen LogP contribution in [-0.4, -0.2) is 29.9 Å². The molecule has 0 bridgehead atoms. The minimum Gasteiger partial charge on any atom is -0.490 e. The Bertz CT molecular complexity index is 772. The predicted molar refractivity (Wildman–Crippen MR) is 88.8 cm³/mol. The summed E-state index contributed by atoms with van der Waals surface area (Å²) in [6.07, 6.45) is 0. The Labute approximate surface area is 147 Å². The van der Waals surface area contributed by atoms with E-state index in [1.807, 2.05) is 0 Å². The molecule has 1 aliphatic heterocycles. The summed E-state index contributed by atoms with van der Waals surface area (Å²) >= 11 is 17.8. The molecule has 0 fully saturated rings. The molecule has 2 amide bonds. The van der Waals surface area contributed by atoms with E-state index in [2.05, 4.69) is 0 Å². The zero-order valence-electron chi connectivity index (χ0n) is 11.7. The van der Waals surface area contributed by atoms with E-state index in [0.29, 0.717) is 31.9 Å². The van der Waals surface area contributed by atoms with Crippen molar-refractivity contribution in [3.8, 4) is 5.75 Å². The molecule has 2 aromatic carbocycles. The van der Waals surface area contributed by atoms with Crippen LogP contribution in [0.3, 0.4) is 0 Å². The molecule has 4 nitrogen and oxygen atoms in total. The Hall–Kier alpha value is -1.75. The number of carbonyl (C=O) groups is 2. The van der Waals surface area contributed by atoms with E-state index >= 15 is 0 Å². The summed E-state index contributed by atoms with van der Waals surface area (Å²) in [6.45, 7) is 0.214. The van der Waals surface area contributed by atoms with Crippen LogP contribution < -0.4 is 4.74 Å².